The number of nitrogens with one attached hydrogen (secondary N) is 1. The van der Waals surface area contributed by atoms with E-state index in [0.29, 0.717) is 17.8 Å². The molecule has 2 rings (SSSR count). The van der Waals surface area contributed by atoms with Crippen molar-refractivity contribution < 1.29 is 9.90 Å². The molecule has 116 valence electrons. The zero-order chi connectivity index (χ0) is 15.5. The number of rotatable bonds is 5. The molecule has 1 saturated carbocycles. The molecule has 0 saturated heterocycles. The van der Waals surface area contributed by atoms with Crippen molar-refractivity contribution in [3.63, 3.8) is 0 Å². The highest BCUT2D eigenvalue weighted by Crippen LogP contribution is 2.34. The van der Waals surface area contributed by atoms with Crippen molar-refractivity contribution in [2.45, 2.75) is 51.6 Å². The lowest BCUT2D eigenvalue weighted by Crippen LogP contribution is -2.40. The van der Waals surface area contributed by atoms with Gasteiger partial charge in [0.15, 0.2) is 5.78 Å². The first-order valence-electron chi connectivity index (χ1n) is 7.80. The number of benzene rings is 1. The monoisotopic (exact) mass is 290 g/mol. The largest absolute Gasteiger partial charge is 0.398 e. The van der Waals surface area contributed by atoms with Crippen LogP contribution in [0.25, 0.3) is 0 Å². The summed E-state index contributed by atoms with van der Waals surface area (Å²) >= 11 is 0. The minimum atomic E-state index is -0.635. The van der Waals surface area contributed by atoms with Crippen molar-refractivity contribution in [2.24, 2.45) is 5.92 Å². The Morgan fingerprint density at radius 2 is 2.10 bits per heavy atom. The number of hydrogen-bond donors (Lipinski definition) is 3. The standard InChI is InChI=1S/C17H26N2O2/c1-3-13-6-8-17(21,9-7-13)11-19-14-4-5-16(18)15(10-14)12(2)20/h4-5,10,13,19,21H,3,6-9,11,18H2,1-2H3. The molecule has 1 aliphatic carbocycles. The molecule has 0 unspecified atom stereocenters. The third-order valence-corrected chi connectivity index (χ3v) is 4.67. The summed E-state index contributed by atoms with van der Waals surface area (Å²) in [6.07, 6.45) is 5.06. The molecule has 0 aromatic heterocycles. The maximum absolute atomic E-state index is 11.5. The van der Waals surface area contributed by atoms with Crippen LogP contribution in [0, 0.1) is 5.92 Å². The summed E-state index contributed by atoms with van der Waals surface area (Å²) in [7, 11) is 0. The van der Waals surface area contributed by atoms with Gasteiger partial charge in [0.2, 0.25) is 0 Å². The Balaban J connectivity index is 1.97. The molecule has 1 aromatic rings. The van der Waals surface area contributed by atoms with E-state index in [1.54, 1.807) is 12.1 Å². The van der Waals surface area contributed by atoms with Crippen LogP contribution in [0.2, 0.25) is 0 Å². The fraction of sp³-hybridized carbons (Fsp3) is 0.588. The number of aliphatic hydroxyl groups is 1. The van der Waals surface area contributed by atoms with Gasteiger partial charge in [0.05, 0.1) is 5.60 Å². The fourth-order valence-corrected chi connectivity index (χ4v) is 3.04. The second-order valence-electron chi connectivity index (χ2n) is 6.29. The van der Waals surface area contributed by atoms with Crippen LogP contribution in [-0.4, -0.2) is 23.0 Å². The molecule has 0 atom stereocenters. The van der Waals surface area contributed by atoms with E-state index in [4.69, 9.17) is 5.73 Å². The SMILES string of the molecule is CCC1CCC(O)(CNc2ccc(N)c(C(C)=O)c2)CC1. The quantitative estimate of drug-likeness (QED) is 0.575. The third-order valence-electron chi connectivity index (χ3n) is 4.67. The van der Waals surface area contributed by atoms with Crippen molar-refractivity contribution >= 4 is 17.2 Å². The van der Waals surface area contributed by atoms with Gasteiger partial charge in [-0.05, 0) is 56.7 Å². The van der Waals surface area contributed by atoms with Crippen LogP contribution in [-0.2, 0) is 0 Å². The average Bonchev–Trinajstić information content (AvgIpc) is 2.47. The van der Waals surface area contributed by atoms with Crippen LogP contribution in [0.15, 0.2) is 18.2 Å². The summed E-state index contributed by atoms with van der Waals surface area (Å²) in [5.41, 5.74) is 7.01. The van der Waals surface area contributed by atoms with Gasteiger partial charge in [-0.3, -0.25) is 4.79 Å². The van der Waals surface area contributed by atoms with Crippen LogP contribution in [0.3, 0.4) is 0 Å². The molecule has 0 radical (unpaired) electrons. The Bertz CT molecular complexity index is 506. The minimum absolute atomic E-state index is 0.0432. The summed E-state index contributed by atoms with van der Waals surface area (Å²) in [5.74, 6) is 0.712. The van der Waals surface area contributed by atoms with Crippen LogP contribution in [0.4, 0.5) is 11.4 Å². The Kier molecular flexibility index (Phi) is 4.88. The summed E-state index contributed by atoms with van der Waals surface area (Å²) in [6, 6.07) is 5.35. The highest BCUT2D eigenvalue weighted by atomic mass is 16.3. The van der Waals surface area contributed by atoms with Gasteiger partial charge >= 0.3 is 0 Å². The predicted molar refractivity (Wildman–Crippen MR) is 86.5 cm³/mol. The molecular formula is C17H26N2O2. The smallest absolute Gasteiger partial charge is 0.161 e. The molecule has 0 heterocycles. The Morgan fingerprint density at radius 3 is 2.67 bits per heavy atom. The number of ketones is 1. The fourth-order valence-electron chi connectivity index (χ4n) is 3.04. The summed E-state index contributed by atoms with van der Waals surface area (Å²) in [6.45, 7) is 4.24. The lowest BCUT2D eigenvalue weighted by Gasteiger charge is -2.36. The Hall–Kier alpha value is -1.55. The van der Waals surface area contributed by atoms with Crippen molar-refractivity contribution in [2.75, 3.05) is 17.6 Å². The van der Waals surface area contributed by atoms with Gasteiger partial charge in [-0.15, -0.1) is 0 Å². The molecule has 0 bridgehead atoms. The first-order valence-corrected chi connectivity index (χ1v) is 7.80. The lowest BCUT2D eigenvalue weighted by molar-refractivity contribution is 0.00229. The lowest BCUT2D eigenvalue weighted by atomic mass is 9.78. The second-order valence-corrected chi connectivity index (χ2v) is 6.29. The van der Waals surface area contributed by atoms with E-state index < -0.39 is 5.60 Å². The van der Waals surface area contributed by atoms with E-state index in [1.165, 1.54) is 13.3 Å². The maximum Gasteiger partial charge on any atom is 0.161 e. The summed E-state index contributed by atoms with van der Waals surface area (Å²) in [5, 5.41) is 13.9. The molecule has 1 fully saturated rings. The van der Waals surface area contributed by atoms with Crippen molar-refractivity contribution in [1.82, 2.24) is 0 Å². The van der Waals surface area contributed by atoms with Crippen LogP contribution in [0.1, 0.15) is 56.3 Å². The molecule has 4 N–H and O–H groups in total. The van der Waals surface area contributed by atoms with Crippen molar-refractivity contribution in [3.8, 4) is 0 Å². The predicted octanol–water partition coefficient (Wildman–Crippen LogP) is 3.21. The molecule has 1 aliphatic rings. The van der Waals surface area contributed by atoms with Crippen LogP contribution in [0.5, 0.6) is 0 Å². The summed E-state index contributed by atoms with van der Waals surface area (Å²) in [4.78, 5) is 11.5. The first kappa shape index (κ1) is 15.8. The molecule has 0 spiro atoms. The highest BCUT2D eigenvalue weighted by Gasteiger charge is 2.32. The van der Waals surface area contributed by atoms with Crippen molar-refractivity contribution in [3.05, 3.63) is 23.8 Å². The van der Waals surface area contributed by atoms with E-state index in [1.807, 2.05) is 6.07 Å². The molecular weight excluding hydrogens is 264 g/mol. The highest BCUT2D eigenvalue weighted by molar-refractivity contribution is 6.00. The normalized spacial score (nSPS) is 25.6. The Labute approximate surface area is 126 Å². The van der Waals surface area contributed by atoms with Gasteiger partial charge in [0, 0.05) is 23.5 Å². The topological polar surface area (TPSA) is 75.3 Å². The van der Waals surface area contributed by atoms with Gasteiger partial charge in [-0.1, -0.05) is 13.3 Å². The number of Topliss-reactive ketones (excluding diaryl/α,β-unsaturated/α-hetero) is 1. The van der Waals surface area contributed by atoms with E-state index in [2.05, 4.69) is 12.2 Å². The molecule has 21 heavy (non-hydrogen) atoms. The van der Waals surface area contributed by atoms with E-state index in [-0.39, 0.29) is 5.78 Å². The van der Waals surface area contributed by atoms with Gasteiger partial charge in [0.25, 0.3) is 0 Å². The average molecular weight is 290 g/mol. The van der Waals surface area contributed by atoms with E-state index >= 15 is 0 Å². The number of nitrogens with two attached hydrogens (primary N) is 1. The second kappa shape index (κ2) is 6.48. The number of nitrogen functional groups attached to an aromatic ring is 1. The zero-order valence-corrected chi connectivity index (χ0v) is 13.0. The van der Waals surface area contributed by atoms with Gasteiger partial charge < -0.3 is 16.2 Å². The van der Waals surface area contributed by atoms with Gasteiger partial charge in [-0.2, -0.15) is 0 Å². The summed E-state index contributed by atoms with van der Waals surface area (Å²) < 4.78 is 0. The number of carbonyl (C=O) groups excluding carboxylic acids is 1. The molecule has 4 heteroatoms. The van der Waals surface area contributed by atoms with E-state index in [0.717, 1.165) is 37.3 Å². The van der Waals surface area contributed by atoms with Crippen molar-refractivity contribution in [1.29, 1.82) is 0 Å². The first-order chi connectivity index (χ1) is 9.93. The molecule has 0 amide bonds. The van der Waals surface area contributed by atoms with Gasteiger partial charge in [0.1, 0.15) is 0 Å². The van der Waals surface area contributed by atoms with Crippen LogP contribution < -0.4 is 11.1 Å². The molecule has 0 aliphatic heterocycles. The third kappa shape index (κ3) is 3.97. The number of anilines is 2. The van der Waals surface area contributed by atoms with E-state index in [9.17, 15) is 9.90 Å². The zero-order valence-electron chi connectivity index (χ0n) is 13.0. The molecule has 1 aromatic carbocycles. The minimum Gasteiger partial charge on any atom is -0.398 e. The van der Waals surface area contributed by atoms with Crippen LogP contribution >= 0.6 is 0 Å². The maximum atomic E-state index is 11.5. The van der Waals surface area contributed by atoms with Gasteiger partial charge in [-0.25, -0.2) is 0 Å². The number of carbonyl (C=O) groups is 1. The molecule has 4 nitrogen and oxygen atoms in total. The number of hydrogen-bond acceptors (Lipinski definition) is 4. The Morgan fingerprint density at radius 1 is 1.43 bits per heavy atom.